The maximum absolute atomic E-state index is 12.4. The van der Waals surface area contributed by atoms with Gasteiger partial charge in [-0.1, -0.05) is 18.2 Å². The fourth-order valence-corrected chi connectivity index (χ4v) is 2.73. The van der Waals surface area contributed by atoms with E-state index < -0.39 is 0 Å². The highest BCUT2D eigenvalue weighted by molar-refractivity contribution is 6.05. The molecule has 0 aromatic heterocycles. The summed E-state index contributed by atoms with van der Waals surface area (Å²) in [6, 6.07) is 20.6. The molecule has 0 atom stereocenters. The van der Waals surface area contributed by atoms with E-state index in [-0.39, 0.29) is 5.91 Å². The average molecular weight is 362 g/mol. The lowest BCUT2D eigenvalue weighted by Crippen LogP contribution is -2.13. The van der Waals surface area contributed by atoms with E-state index in [1.54, 1.807) is 14.2 Å². The molecule has 0 spiro atoms. The van der Waals surface area contributed by atoms with Crippen molar-refractivity contribution in [1.29, 1.82) is 0 Å². The van der Waals surface area contributed by atoms with Gasteiger partial charge in [-0.2, -0.15) is 0 Å². The Morgan fingerprint density at radius 2 is 1.56 bits per heavy atom. The number of carbonyl (C=O) groups excluding carboxylic acids is 1. The first kappa shape index (κ1) is 18.3. The molecule has 0 saturated carbocycles. The standard InChI is InChI=1S/C22H22N2O3/c1-15-6-4-5-7-19(15)22(25)24-17-10-8-16(9-11-17)23-20-14-18(26-2)12-13-21(20)27-3/h4-14,23H,1-3H3,(H,24,25). The van der Waals surface area contributed by atoms with Crippen LogP contribution in [0.5, 0.6) is 11.5 Å². The quantitative estimate of drug-likeness (QED) is 0.647. The minimum Gasteiger partial charge on any atom is -0.497 e. The molecule has 1 amide bonds. The molecule has 0 aliphatic heterocycles. The fraction of sp³-hybridized carbons (Fsp3) is 0.136. The van der Waals surface area contributed by atoms with Gasteiger partial charge in [0.2, 0.25) is 0 Å². The molecule has 0 fully saturated rings. The zero-order valence-corrected chi connectivity index (χ0v) is 15.6. The van der Waals surface area contributed by atoms with E-state index in [4.69, 9.17) is 9.47 Å². The number of amides is 1. The third-order valence-corrected chi connectivity index (χ3v) is 4.22. The molecule has 0 radical (unpaired) electrons. The molecule has 0 heterocycles. The van der Waals surface area contributed by atoms with Crippen LogP contribution in [0.2, 0.25) is 0 Å². The number of hydrogen-bond donors (Lipinski definition) is 2. The van der Waals surface area contributed by atoms with E-state index in [9.17, 15) is 4.79 Å². The lowest BCUT2D eigenvalue weighted by Gasteiger charge is -2.13. The summed E-state index contributed by atoms with van der Waals surface area (Å²) < 4.78 is 10.6. The number of ether oxygens (including phenoxy) is 2. The Bertz CT molecular complexity index is 937. The SMILES string of the molecule is COc1ccc(OC)c(Nc2ccc(NC(=O)c3ccccc3C)cc2)c1. The highest BCUT2D eigenvalue weighted by Crippen LogP contribution is 2.31. The van der Waals surface area contributed by atoms with Crippen molar-refractivity contribution in [2.45, 2.75) is 6.92 Å². The van der Waals surface area contributed by atoms with Gasteiger partial charge in [-0.05, 0) is 55.0 Å². The van der Waals surface area contributed by atoms with Crippen LogP contribution in [0.1, 0.15) is 15.9 Å². The first-order valence-corrected chi connectivity index (χ1v) is 8.57. The third-order valence-electron chi connectivity index (χ3n) is 4.22. The van der Waals surface area contributed by atoms with Gasteiger partial charge in [-0.25, -0.2) is 0 Å². The Balaban J connectivity index is 1.73. The summed E-state index contributed by atoms with van der Waals surface area (Å²) >= 11 is 0. The van der Waals surface area contributed by atoms with Gasteiger partial charge in [-0.15, -0.1) is 0 Å². The Morgan fingerprint density at radius 3 is 2.22 bits per heavy atom. The average Bonchev–Trinajstić information content (AvgIpc) is 2.69. The molecule has 0 saturated heterocycles. The minimum absolute atomic E-state index is 0.122. The molecule has 0 unspecified atom stereocenters. The predicted octanol–water partition coefficient (Wildman–Crippen LogP) is 5.01. The number of hydrogen-bond acceptors (Lipinski definition) is 4. The highest BCUT2D eigenvalue weighted by atomic mass is 16.5. The summed E-state index contributed by atoms with van der Waals surface area (Å²) in [7, 11) is 3.24. The Labute approximate surface area is 158 Å². The van der Waals surface area contributed by atoms with Crippen LogP contribution in [-0.2, 0) is 0 Å². The van der Waals surface area contributed by atoms with Crippen LogP contribution in [0.4, 0.5) is 17.1 Å². The van der Waals surface area contributed by atoms with Crippen LogP contribution in [0.3, 0.4) is 0 Å². The highest BCUT2D eigenvalue weighted by Gasteiger charge is 2.09. The van der Waals surface area contributed by atoms with Crippen molar-refractivity contribution in [3.63, 3.8) is 0 Å². The molecule has 0 aliphatic carbocycles. The maximum atomic E-state index is 12.4. The largest absolute Gasteiger partial charge is 0.497 e. The number of carbonyl (C=O) groups is 1. The van der Waals surface area contributed by atoms with Crippen LogP contribution >= 0.6 is 0 Å². The summed E-state index contributed by atoms with van der Waals surface area (Å²) in [6.07, 6.45) is 0. The van der Waals surface area contributed by atoms with Crippen molar-refractivity contribution in [2.75, 3.05) is 24.9 Å². The third kappa shape index (κ3) is 4.39. The van der Waals surface area contributed by atoms with Crippen LogP contribution in [-0.4, -0.2) is 20.1 Å². The van der Waals surface area contributed by atoms with Gasteiger partial charge in [0.1, 0.15) is 11.5 Å². The molecule has 3 aromatic rings. The molecule has 0 aliphatic rings. The lowest BCUT2D eigenvalue weighted by molar-refractivity contribution is 0.102. The topological polar surface area (TPSA) is 59.6 Å². The molecule has 3 rings (SSSR count). The normalized spacial score (nSPS) is 10.2. The van der Waals surface area contributed by atoms with E-state index >= 15 is 0 Å². The van der Waals surface area contributed by atoms with Crippen molar-refractivity contribution >= 4 is 23.0 Å². The Morgan fingerprint density at radius 1 is 0.852 bits per heavy atom. The van der Waals surface area contributed by atoms with Crippen LogP contribution in [0, 0.1) is 6.92 Å². The first-order valence-electron chi connectivity index (χ1n) is 8.57. The summed E-state index contributed by atoms with van der Waals surface area (Å²) in [5.41, 5.74) is 4.01. The molecule has 3 aromatic carbocycles. The van der Waals surface area contributed by atoms with Crippen LogP contribution < -0.4 is 20.1 Å². The predicted molar refractivity (Wildman–Crippen MR) is 108 cm³/mol. The van der Waals surface area contributed by atoms with Gasteiger partial charge in [0.05, 0.1) is 19.9 Å². The number of benzene rings is 3. The summed E-state index contributed by atoms with van der Waals surface area (Å²) in [5.74, 6) is 1.33. The second-order valence-corrected chi connectivity index (χ2v) is 6.04. The Kier molecular flexibility index (Phi) is 5.61. The Hall–Kier alpha value is -3.47. The fourth-order valence-electron chi connectivity index (χ4n) is 2.73. The van der Waals surface area contributed by atoms with Gasteiger partial charge in [0.25, 0.3) is 5.91 Å². The van der Waals surface area contributed by atoms with E-state index in [2.05, 4.69) is 10.6 Å². The molecule has 138 valence electrons. The van der Waals surface area contributed by atoms with Gasteiger partial charge in [0, 0.05) is 23.0 Å². The van der Waals surface area contributed by atoms with Crippen LogP contribution in [0.25, 0.3) is 0 Å². The van der Waals surface area contributed by atoms with E-state index in [1.165, 1.54) is 0 Å². The van der Waals surface area contributed by atoms with E-state index in [0.717, 1.165) is 28.4 Å². The number of anilines is 3. The van der Waals surface area contributed by atoms with Crippen LogP contribution in [0.15, 0.2) is 66.7 Å². The lowest BCUT2D eigenvalue weighted by atomic mass is 10.1. The minimum atomic E-state index is -0.122. The van der Waals surface area contributed by atoms with Crippen molar-refractivity contribution in [2.24, 2.45) is 0 Å². The summed E-state index contributed by atoms with van der Waals surface area (Å²) in [4.78, 5) is 12.4. The second-order valence-electron chi connectivity index (χ2n) is 6.04. The molecule has 0 bridgehead atoms. The smallest absolute Gasteiger partial charge is 0.255 e. The summed E-state index contributed by atoms with van der Waals surface area (Å²) in [5, 5.41) is 6.22. The zero-order chi connectivity index (χ0) is 19.2. The van der Waals surface area contributed by atoms with Crippen molar-refractivity contribution in [1.82, 2.24) is 0 Å². The van der Waals surface area contributed by atoms with Crippen molar-refractivity contribution < 1.29 is 14.3 Å². The molecular weight excluding hydrogens is 340 g/mol. The molecule has 5 heteroatoms. The monoisotopic (exact) mass is 362 g/mol. The first-order chi connectivity index (χ1) is 13.1. The molecule has 27 heavy (non-hydrogen) atoms. The van der Waals surface area contributed by atoms with Crippen molar-refractivity contribution in [3.05, 3.63) is 77.9 Å². The number of nitrogens with one attached hydrogen (secondary N) is 2. The number of rotatable bonds is 6. The second kappa shape index (κ2) is 8.27. The van der Waals surface area contributed by atoms with E-state index in [0.29, 0.717) is 11.3 Å². The van der Waals surface area contributed by atoms with E-state index in [1.807, 2.05) is 73.7 Å². The summed E-state index contributed by atoms with van der Waals surface area (Å²) in [6.45, 7) is 1.92. The zero-order valence-electron chi connectivity index (χ0n) is 15.6. The van der Waals surface area contributed by atoms with Gasteiger partial charge in [-0.3, -0.25) is 4.79 Å². The number of methoxy groups -OCH3 is 2. The van der Waals surface area contributed by atoms with Crippen molar-refractivity contribution in [3.8, 4) is 11.5 Å². The van der Waals surface area contributed by atoms with Gasteiger partial charge < -0.3 is 20.1 Å². The number of aryl methyl sites for hydroxylation is 1. The molecule has 5 nitrogen and oxygen atoms in total. The molecular formula is C22H22N2O3. The molecule has 2 N–H and O–H groups in total. The van der Waals surface area contributed by atoms with Gasteiger partial charge >= 0.3 is 0 Å². The maximum Gasteiger partial charge on any atom is 0.255 e. The van der Waals surface area contributed by atoms with Gasteiger partial charge in [0.15, 0.2) is 0 Å².